The highest BCUT2D eigenvalue weighted by molar-refractivity contribution is 5.90. The standard InChI is InChI=1S/C36H50O4/c1-23(2)31-19-7-25(5)21-33(31)39-35(37)29-15-11-27(12-16-29)9-10-28-13-17-30(18-14-28)36(38)40-34-22-26(6)8-20-32(34)24(3)4/h11-18,23-26,31-34H,7-10,19-22H2,1-6H3/t25-,26+,31-,32+,33-,34-/m1/s1. The minimum Gasteiger partial charge on any atom is -0.458 e. The number of carbonyl (C=O) groups is 2. The fourth-order valence-electron chi connectivity index (χ4n) is 6.82. The maximum atomic E-state index is 12.9. The molecule has 2 aromatic carbocycles. The van der Waals surface area contributed by atoms with Gasteiger partial charge in [-0.2, -0.15) is 0 Å². The zero-order valence-electron chi connectivity index (χ0n) is 25.5. The van der Waals surface area contributed by atoms with Crippen LogP contribution in [0.2, 0.25) is 0 Å². The molecule has 2 aliphatic carbocycles. The second kappa shape index (κ2) is 13.8. The quantitative estimate of drug-likeness (QED) is 0.295. The summed E-state index contributed by atoms with van der Waals surface area (Å²) in [6.45, 7) is 13.4. The smallest absolute Gasteiger partial charge is 0.338 e. The van der Waals surface area contributed by atoms with Crippen molar-refractivity contribution in [1.29, 1.82) is 0 Å². The van der Waals surface area contributed by atoms with E-state index in [0.717, 1.165) is 38.5 Å². The zero-order valence-corrected chi connectivity index (χ0v) is 25.5. The maximum absolute atomic E-state index is 12.9. The van der Waals surface area contributed by atoms with Crippen LogP contribution in [0.5, 0.6) is 0 Å². The van der Waals surface area contributed by atoms with Crippen molar-refractivity contribution >= 4 is 11.9 Å². The van der Waals surface area contributed by atoms with Crippen molar-refractivity contribution in [2.24, 2.45) is 35.5 Å². The van der Waals surface area contributed by atoms with Gasteiger partial charge < -0.3 is 9.47 Å². The molecule has 6 atom stereocenters. The van der Waals surface area contributed by atoms with Gasteiger partial charge >= 0.3 is 11.9 Å². The summed E-state index contributed by atoms with van der Waals surface area (Å²) in [7, 11) is 0. The topological polar surface area (TPSA) is 52.6 Å². The summed E-state index contributed by atoms with van der Waals surface area (Å²) >= 11 is 0. The molecule has 0 bridgehead atoms. The van der Waals surface area contributed by atoms with Crippen LogP contribution in [0.4, 0.5) is 0 Å². The third-order valence-electron chi connectivity index (χ3n) is 9.52. The molecule has 0 unspecified atom stereocenters. The largest absolute Gasteiger partial charge is 0.458 e. The Kier molecular flexibility index (Phi) is 10.5. The van der Waals surface area contributed by atoms with Crippen molar-refractivity contribution in [1.82, 2.24) is 0 Å². The number of benzene rings is 2. The number of rotatable bonds is 9. The fourth-order valence-corrected chi connectivity index (χ4v) is 6.82. The lowest BCUT2D eigenvalue weighted by Gasteiger charge is -2.36. The van der Waals surface area contributed by atoms with Gasteiger partial charge in [-0.3, -0.25) is 0 Å². The van der Waals surface area contributed by atoms with Gasteiger partial charge in [0.25, 0.3) is 0 Å². The van der Waals surface area contributed by atoms with Crippen LogP contribution in [0, 0.1) is 35.5 Å². The molecule has 0 N–H and O–H groups in total. The van der Waals surface area contributed by atoms with Crippen LogP contribution in [0.25, 0.3) is 0 Å². The normalized spacial score (nSPS) is 27.0. The minimum atomic E-state index is -0.207. The first kappa shape index (κ1) is 30.3. The van der Waals surface area contributed by atoms with Crippen LogP contribution in [0.3, 0.4) is 0 Å². The molecule has 218 valence electrons. The third-order valence-corrected chi connectivity index (χ3v) is 9.52. The van der Waals surface area contributed by atoms with E-state index in [1.165, 1.54) is 24.0 Å². The lowest BCUT2D eigenvalue weighted by Crippen LogP contribution is -2.35. The molecule has 2 aliphatic rings. The Bertz CT molecular complexity index is 1010. The molecule has 0 amide bonds. The van der Waals surface area contributed by atoms with E-state index in [9.17, 15) is 9.59 Å². The van der Waals surface area contributed by atoms with Gasteiger partial charge in [0.2, 0.25) is 0 Å². The van der Waals surface area contributed by atoms with Gasteiger partial charge in [-0.25, -0.2) is 9.59 Å². The summed E-state index contributed by atoms with van der Waals surface area (Å²) in [5, 5.41) is 0. The molecular formula is C36H50O4. The molecule has 40 heavy (non-hydrogen) atoms. The average Bonchev–Trinajstić information content (AvgIpc) is 2.92. The maximum Gasteiger partial charge on any atom is 0.338 e. The summed E-state index contributed by atoms with van der Waals surface area (Å²) in [5.41, 5.74) is 3.61. The molecule has 2 fully saturated rings. The van der Waals surface area contributed by atoms with E-state index in [1.807, 2.05) is 48.5 Å². The van der Waals surface area contributed by atoms with Crippen molar-refractivity contribution in [3.05, 3.63) is 70.8 Å². The predicted molar refractivity (Wildman–Crippen MR) is 161 cm³/mol. The van der Waals surface area contributed by atoms with Crippen LogP contribution >= 0.6 is 0 Å². The summed E-state index contributed by atoms with van der Waals surface area (Å²) in [6, 6.07) is 15.7. The number of aryl methyl sites for hydroxylation is 2. The van der Waals surface area contributed by atoms with E-state index in [2.05, 4.69) is 41.5 Å². The Labute approximate surface area is 242 Å². The predicted octanol–water partition coefficient (Wildman–Crippen LogP) is 8.71. The van der Waals surface area contributed by atoms with Crippen LogP contribution < -0.4 is 0 Å². The van der Waals surface area contributed by atoms with Gasteiger partial charge in [0.05, 0.1) is 11.1 Å². The Morgan fingerprint density at radius 2 is 0.975 bits per heavy atom. The second-order valence-corrected chi connectivity index (χ2v) is 13.4. The molecule has 2 saturated carbocycles. The molecule has 0 aliphatic heterocycles. The molecular weight excluding hydrogens is 496 g/mol. The number of hydrogen-bond acceptors (Lipinski definition) is 4. The van der Waals surface area contributed by atoms with E-state index >= 15 is 0 Å². The minimum absolute atomic E-state index is 0.0130. The highest BCUT2D eigenvalue weighted by Crippen LogP contribution is 2.37. The van der Waals surface area contributed by atoms with Gasteiger partial charge in [0, 0.05) is 0 Å². The number of ether oxygens (including phenoxy) is 2. The highest BCUT2D eigenvalue weighted by Gasteiger charge is 2.34. The van der Waals surface area contributed by atoms with Crippen molar-refractivity contribution < 1.29 is 19.1 Å². The summed E-state index contributed by atoms with van der Waals surface area (Å²) < 4.78 is 12.0. The second-order valence-electron chi connectivity index (χ2n) is 13.4. The average molecular weight is 547 g/mol. The Hall–Kier alpha value is -2.62. The lowest BCUT2D eigenvalue weighted by molar-refractivity contribution is -0.0181. The number of hydrogen-bond donors (Lipinski definition) is 0. The summed E-state index contributed by atoms with van der Waals surface area (Å²) in [5.74, 6) is 2.72. The lowest BCUT2D eigenvalue weighted by atomic mass is 9.75. The monoisotopic (exact) mass is 546 g/mol. The molecule has 0 aromatic heterocycles. The molecule has 2 aromatic rings. The van der Waals surface area contributed by atoms with Gasteiger partial charge in [-0.1, -0.05) is 78.6 Å². The summed E-state index contributed by atoms with van der Waals surface area (Å²) in [4.78, 5) is 25.8. The van der Waals surface area contributed by atoms with Crippen molar-refractivity contribution in [2.75, 3.05) is 0 Å². The first-order valence-electron chi connectivity index (χ1n) is 15.7. The van der Waals surface area contributed by atoms with Crippen LogP contribution in [0.1, 0.15) is 112 Å². The SMILES string of the molecule is CC(C)[C@H]1CC[C@@H](C)C[C@H]1OC(=O)c1ccc(CCc2ccc(C(=O)O[C@@H]3C[C@@H](C)CC[C@H]3C(C)C)cc2)cc1. The van der Waals surface area contributed by atoms with Crippen LogP contribution in [-0.4, -0.2) is 24.1 Å². The van der Waals surface area contributed by atoms with Gasteiger partial charge in [0.15, 0.2) is 0 Å². The van der Waals surface area contributed by atoms with E-state index in [-0.39, 0.29) is 24.1 Å². The molecule has 4 rings (SSSR count). The molecule has 0 saturated heterocycles. The third kappa shape index (κ3) is 7.98. The van der Waals surface area contributed by atoms with Crippen molar-refractivity contribution in [3.8, 4) is 0 Å². The fraction of sp³-hybridized carbons (Fsp3) is 0.611. The first-order chi connectivity index (χ1) is 19.1. The van der Waals surface area contributed by atoms with E-state index in [1.54, 1.807) is 0 Å². The van der Waals surface area contributed by atoms with Gasteiger partial charge in [0.1, 0.15) is 12.2 Å². The van der Waals surface area contributed by atoms with Gasteiger partial charge in [-0.15, -0.1) is 0 Å². The molecule has 4 heteroatoms. The molecule has 4 nitrogen and oxygen atoms in total. The molecule has 0 radical (unpaired) electrons. The Balaban J connectivity index is 1.28. The molecule has 0 heterocycles. The number of carbonyl (C=O) groups excluding carboxylic acids is 2. The summed E-state index contributed by atoms with van der Waals surface area (Å²) in [6.07, 6.45) is 8.39. The Morgan fingerprint density at radius 1 is 0.625 bits per heavy atom. The first-order valence-corrected chi connectivity index (χ1v) is 15.7. The number of esters is 2. The van der Waals surface area contributed by atoms with Crippen LogP contribution in [0.15, 0.2) is 48.5 Å². The van der Waals surface area contributed by atoms with Crippen molar-refractivity contribution in [2.45, 2.75) is 105 Å². The van der Waals surface area contributed by atoms with E-state index in [4.69, 9.17) is 9.47 Å². The van der Waals surface area contributed by atoms with Crippen LogP contribution in [-0.2, 0) is 22.3 Å². The van der Waals surface area contributed by atoms with E-state index in [0.29, 0.717) is 46.6 Å². The van der Waals surface area contributed by atoms with Crippen molar-refractivity contribution in [3.63, 3.8) is 0 Å². The van der Waals surface area contributed by atoms with E-state index < -0.39 is 0 Å². The zero-order chi connectivity index (χ0) is 28.8. The molecule has 0 spiro atoms. The Morgan fingerprint density at radius 3 is 1.30 bits per heavy atom. The van der Waals surface area contributed by atoms with Gasteiger partial charge in [-0.05, 0) is 109 Å². The highest BCUT2D eigenvalue weighted by atomic mass is 16.5.